The highest BCUT2D eigenvalue weighted by molar-refractivity contribution is 9.11. The molecule has 2 nitrogen and oxygen atoms in total. The maximum absolute atomic E-state index is 14.0. The Morgan fingerprint density at radius 2 is 1.89 bits per heavy atom. The summed E-state index contributed by atoms with van der Waals surface area (Å²) in [5.74, 6) is -0.475. The largest absolute Gasteiger partial charge is 0.486 e. The van der Waals surface area contributed by atoms with Crippen molar-refractivity contribution < 1.29 is 9.13 Å². The SMILES string of the molecule is N#Cc1c(Br)cc(OCc2ccccc2)c(F)c1Br. The molecule has 2 aromatic carbocycles. The fraction of sp³-hybridized carbons (Fsp3) is 0.0714. The Morgan fingerprint density at radius 1 is 1.21 bits per heavy atom. The van der Waals surface area contributed by atoms with Crippen molar-refractivity contribution in [3.8, 4) is 11.8 Å². The van der Waals surface area contributed by atoms with Crippen molar-refractivity contribution >= 4 is 31.9 Å². The third-order valence-corrected chi connectivity index (χ3v) is 3.84. The van der Waals surface area contributed by atoms with Gasteiger partial charge in [-0.15, -0.1) is 0 Å². The Kier molecular flexibility index (Phi) is 4.56. The van der Waals surface area contributed by atoms with Gasteiger partial charge in [-0.05, 0) is 43.5 Å². The zero-order chi connectivity index (χ0) is 13.8. The van der Waals surface area contributed by atoms with Gasteiger partial charge in [-0.3, -0.25) is 0 Å². The van der Waals surface area contributed by atoms with Gasteiger partial charge in [0.15, 0.2) is 11.6 Å². The summed E-state index contributed by atoms with van der Waals surface area (Å²) >= 11 is 6.28. The zero-order valence-corrected chi connectivity index (χ0v) is 12.8. The van der Waals surface area contributed by atoms with Crippen molar-refractivity contribution in [3.05, 3.63) is 62.3 Å². The fourth-order valence-corrected chi connectivity index (χ4v) is 2.77. The Bertz CT molecular complexity index is 638. The summed E-state index contributed by atoms with van der Waals surface area (Å²) < 4.78 is 20.0. The molecule has 2 rings (SSSR count). The molecule has 0 N–H and O–H groups in total. The van der Waals surface area contributed by atoms with Crippen LogP contribution in [0, 0.1) is 17.1 Å². The Labute approximate surface area is 127 Å². The predicted molar refractivity (Wildman–Crippen MR) is 77.3 cm³/mol. The van der Waals surface area contributed by atoms with E-state index in [1.54, 1.807) is 0 Å². The predicted octanol–water partition coefficient (Wildman–Crippen LogP) is 4.80. The van der Waals surface area contributed by atoms with Crippen molar-refractivity contribution in [1.29, 1.82) is 5.26 Å². The molecule has 0 amide bonds. The number of benzene rings is 2. The smallest absolute Gasteiger partial charge is 0.180 e. The molecule has 0 saturated carbocycles. The van der Waals surface area contributed by atoms with E-state index in [2.05, 4.69) is 31.9 Å². The molecule has 19 heavy (non-hydrogen) atoms. The topological polar surface area (TPSA) is 33.0 Å². The first kappa shape index (κ1) is 14.0. The minimum atomic E-state index is -0.573. The first-order valence-electron chi connectivity index (χ1n) is 5.37. The van der Waals surface area contributed by atoms with Gasteiger partial charge in [0.1, 0.15) is 12.7 Å². The van der Waals surface area contributed by atoms with E-state index in [9.17, 15) is 4.39 Å². The summed E-state index contributed by atoms with van der Waals surface area (Å²) in [5, 5.41) is 8.91. The molecule has 0 aliphatic carbocycles. The molecule has 5 heteroatoms. The first-order valence-corrected chi connectivity index (χ1v) is 6.96. The van der Waals surface area contributed by atoms with E-state index in [1.807, 2.05) is 36.4 Å². The summed E-state index contributed by atoms with van der Waals surface area (Å²) in [7, 11) is 0. The van der Waals surface area contributed by atoms with Crippen LogP contribution in [0.4, 0.5) is 4.39 Å². The van der Waals surface area contributed by atoms with E-state index in [4.69, 9.17) is 10.00 Å². The van der Waals surface area contributed by atoms with Crippen LogP contribution in [0.25, 0.3) is 0 Å². The maximum Gasteiger partial charge on any atom is 0.180 e. The summed E-state index contributed by atoms with van der Waals surface area (Å²) in [6.45, 7) is 0.266. The Hall–Kier alpha value is -1.38. The van der Waals surface area contributed by atoms with Crippen LogP contribution in [-0.2, 0) is 6.61 Å². The van der Waals surface area contributed by atoms with Crippen LogP contribution >= 0.6 is 31.9 Å². The lowest BCUT2D eigenvalue weighted by molar-refractivity contribution is 0.289. The molecule has 0 atom stereocenters. The van der Waals surface area contributed by atoms with Crippen LogP contribution < -0.4 is 4.74 Å². The van der Waals surface area contributed by atoms with Gasteiger partial charge in [0.25, 0.3) is 0 Å². The molecule has 0 radical (unpaired) electrons. The summed E-state index contributed by atoms with van der Waals surface area (Å²) in [5.41, 5.74) is 1.16. The standard InChI is InChI=1S/C14H8Br2FNO/c15-11-6-12(14(17)13(16)10(11)7-18)19-8-9-4-2-1-3-5-9/h1-6H,8H2. The van der Waals surface area contributed by atoms with Gasteiger partial charge in [-0.25, -0.2) is 4.39 Å². The highest BCUT2D eigenvalue weighted by Gasteiger charge is 2.16. The van der Waals surface area contributed by atoms with E-state index in [-0.39, 0.29) is 22.4 Å². The van der Waals surface area contributed by atoms with Crippen LogP contribution in [0.15, 0.2) is 45.3 Å². The van der Waals surface area contributed by atoms with Crippen LogP contribution in [0.3, 0.4) is 0 Å². The maximum atomic E-state index is 14.0. The average molecular weight is 385 g/mol. The second-order valence-electron chi connectivity index (χ2n) is 3.75. The van der Waals surface area contributed by atoms with Crippen LogP contribution in [0.1, 0.15) is 11.1 Å². The molecule has 0 unspecified atom stereocenters. The highest BCUT2D eigenvalue weighted by atomic mass is 79.9. The number of hydrogen-bond donors (Lipinski definition) is 0. The molecule has 0 spiro atoms. The normalized spacial score (nSPS) is 10.0. The van der Waals surface area contributed by atoms with E-state index < -0.39 is 5.82 Å². The van der Waals surface area contributed by atoms with E-state index >= 15 is 0 Å². The average Bonchev–Trinajstić information content (AvgIpc) is 2.43. The van der Waals surface area contributed by atoms with Crippen molar-refractivity contribution in [3.63, 3.8) is 0 Å². The number of nitriles is 1. The second-order valence-corrected chi connectivity index (χ2v) is 5.39. The molecule has 0 aromatic heterocycles. The van der Waals surface area contributed by atoms with Crippen LogP contribution in [-0.4, -0.2) is 0 Å². The zero-order valence-electron chi connectivity index (χ0n) is 9.66. The third kappa shape index (κ3) is 3.14. The summed E-state index contributed by atoms with van der Waals surface area (Å²) in [6, 6.07) is 12.8. The number of halogens is 3. The summed E-state index contributed by atoms with van der Waals surface area (Å²) in [4.78, 5) is 0. The van der Waals surface area contributed by atoms with Crippen molar-refractivity contribution in [1.82, 2.24) is 0 Å². The third-order valence-electron chi connectivity index (χ3n) is 2.47. The molecule has 2 aromatic rings. The monoisotopic (exact) mass is 383 g/mol. The van der Waals surface area contributed by atoms with Crippen molar-refractivity contribution in [2.24, 2.45) is 0 Å². The first-order chi connectivity index (χ1) is 9.13. The quantitative estimate of drug-likeness (QED) is 0.712. The molecule has 0 aliphatic heterocycles. The van der Waals surface area contributed by atoms with Crippen LogP contribution in [0.2, 0.25) is 0 Å². The number of nitrogens with zero attached hydrogens (tertiary/aromatic N) is 1. The number of hydrogen-bond acceptors (Lipinski definition) is 2. The van der Waals surface area contributed by atoms with Crippen molar-refractivity contribution in [2.45, 2.75) is 6.61 Å². The van der Waals surface area contributed by atoms with Gasteiger partial charge >= 0.3 is 0 Å². The van der Waals surface area contributed by atoms with Gasteiger partial charge < -0.3 is 4.74 Å². The molecule has 96 valence electrons. The lowest BCUT2D eigenvalue weighted by Gasteiger charge is -2.10. The van der Waals surface area contributed by atoms with Gasteiger partial charge in [0, 0.05) is 4.47 Å². The lowest BCUT2D eigenvalue weighted by atomic mass is 10.2. The Balaban J connectivity index is 2.25. The van der Waals surface area contributed by atoms with Gasteiger partial charge in [-0.2, -0.15) is 5.26 Å². The minimum Gasteiger partial charge on any atom is -0.486 e. The molecular formula is C14H8Br2FNO. The molecule has 0 heterocycles. The molecular weight excluding hydrogens is 377 g/mol. The minimum absolute atomic E-state index is 0.0987. The molecule has 0 saturated heterocycles. The van der Waals surface area contributed by atoms with Gasteiger partial charge in [0.2, 0.25) is 0 Å². The van der Waals surface area contributed by atoms with E-state index in [1.165, 1.54) is 6.07 Å². The Morgan fingerprint density at radius 3 is 2.53 bits per heavy atom. The lowest BCUT2D eigenvalue weighted by Crippen LogP contribution is -1.99. The van der Waals surface area contributed by atoms with E-state index in [0.717, 1.165) is 5.56 Å². The molecule has 0 aliphatic rings. The highest BCUT2D eigenvalue weighted by Crippen LogP contribution is 2.34. The summed E-state index contributed by atoms with van der Waals surface area (Å²) in [6.07, 6.45) is 0. The van der Waals surface area contributed by atoms with Gasteiger partial charge in [-0.1, -0.05) is 30.3 Å². The van der Waals surface area contributed by atoms with Crippen LogP contribution in [0.5, 0.6) is 5.75 Å². The molecule has 0 bridgehead atoms. The van der Waals surface area contributed by atoms with Gasteiger partial charge in [0.05, 0.1) is 10.0 Å². The number of ether oxygens (including phenoxy) is 1. The second kappa shape index (κ2) is 6.18. The van der Waals surface area contributed by atoms with Crippen molar-refractivity contribution in [2.75, 3.05) is 0 Å². The van der Waals surface area contributed by atoms with E-state index in [0.29, 0.717) is 4.47 Å². The molecule has 0 fully saturated rings. The number of rotatable bonds is 3. The fourth-order valence-electron chi connectivity index (χ4n) is 1.52.